The van der Waals surface area contributed by atoms with E-state index in [0.29, 0.717) is 0 Å². The van der Waals surface area contributed by atoms with Crippen molar-refractivity contribution in [1.82, 2.24) is 10.2 Å². The van der Waals surface area contributed by atoms with E-state index in [1.54, 1.807) is 4.90 Å². The number of unbranched alkanes of at least 4 members (excludes halogenated alkanes) is 2. The molecule has 1 saturated heterocycles. The molecule has 0 aromatic rings. The van der Waals surface area contributed by atoms with Crippen LogP contribution in [0.15, 0.2) is 0 Å². The van der Waals surface area contributed by atoms with Gasteiger partial charge in [0.05, 0.1) is 12.6 Å². The summed E-state index contributed by atoms with van der Waals surface area (Å²) in [5.41, 5.74) is 0. The fraction of sp³-hybridized carbons (Fsp3) is 0.909. The van der Waals surface area contributed by atoms with Gasteiger partial charge in [0.15, 0.2) is 0 Å². The van der Waals surface area contributed by atoms with Crippen molar-refractivity contribution in [1.29, 1.82) is 0 Å². The van der Waals surface area contributed by atoms with Crippen LogP contribution in [-0.4, -0.2) is 41.8 Å². The predicted octanol–water partition coefficient (Wildman–Crippen LogP) is 1.34. The molecule has 2 amide bonds. The third-order valence-electron chi connectivity index (χ3n) is 2.91. The van der Waals surface area contributed by atoms with Gasteiger partial charge in [0.2, 0.25) is 0 Å². The average molecular weight is 214 g/mol. The van der Waals surface area contributed by atoms with Crippen LogP contribution in [0.3, 0.4) is 0 Å². The number of nitrogens with one attached hydrogen (secondary N) is 1. The minimum atomic E-state index is -0.0114. The third-order valence-corrected chi connectivity index (χ3v) is 2.91. The fourth-order valence-corrected chi connectivity index (χ4v) is 1.96. The van der Waals surface area contributed by atoms with Gasteiger partial charge in [-0.25, -0.2) is 4.79 Å². The van der Waals surface area contributed by atoms with Gasteiger partial charge >= 0.3 is 6.03 Å². The maximum atomic E-state index is 11.7. The quantitative estimate of drug-likeness (QED) is 0.679. The van der Waals surface area contributed by atoms with E-state index in [1.807, 2.05) is 0 Å². The van der Waals surface area contributed by atoms with Gasteiger partial charge in [-0.15, -0.1) is 0 Å². The first-order valence-corrected chi connectivity index (χ1v) is 5.95. The van der Waals surface area contributed by atoms with E-state index in [0.717, 1.165) is 38.8 Å². The molecule has 2 N–H and O–H groups in total. The maximum Gasteiger partial charge on any atom is 0.317 e. The third kappa shape index (κ3) is 3.70. The van der Waals surface area contributed by atoms with E-state index in [-0.39, 0.29) is 18.7 Å². The van der Waals surface area contributed by atoms with Crippen LogP contribution < -0.4 is 5.32 Å². The van der Waals surface area contributed by atoms with E-state index < -0.39 is 0 Å². The highest BCUT2D eigenvalue weighted by molar-refractivity contribution is 5.74. The molecule has 1 heterocycles. The Morgan fingerprint density at radius 2 is 2.33 bits per heavy atom. The highest BCUT2D eigenvalue weighted by atomic mass is 16.3. The second-order valence-electron chi connectivity index (χ2n) is 4.11. The molecule has 0 aromatic carbocycles. The number of nitrogens with zero attached hydrogens (tertiary/aromatic N) is 1. The molecule has 15 heavy (non-hydrogen) atoms. The number of carbonyl (C=O) groups excluding carboxylic acids is 1. The highest BCUT2D eigenvalue weighted by Crippen LogP contribution is 2.16. The second-order valence-corrected chi connectivity index (χ2v) is 4.11. The van der Waals surface area contributed by atoms with Crippen LogP contribution in [0, 0.1) is 0 Å². The van der Waals surface area contributed by atoms with Gasteiger partial charge < -0.3 is 15.3 Å². The van der Waals surface area contributed by atoms with Crippen LogP contribution in [-0.2, 0) is 0 Å². The van der Waals surface area contributed by atoms with Crippen molar-refractivity contribution in [2.75, 3.05) is 19.7 Å². The Kier molecular flexibility index (Phi) is 5.47. The smallest absolute Gasteiger partial charge is 0.317 e. The molecule has 0 aromatic heterocycles. The summed E-state index contributed by atoms with van der Waals surface area (Å²) in [4.78, 5) is 13.4. The minimum absolute atomic E-state index is 0.0114. The number of hydrogen-bond donors (Lipinski definition) is 2. The lowest BCUT2D eigenvalue weighted by molar-refractivity contribution is 0.157. The summed E-state index contributed by atoms with van der Waals surface area (Å²) in [7, 11) is 0. The summed E-state index contributed by atoms with van der Waals surface area (Å²) in [5, 5.41) is 12.0. The molecule has 1 aliphatic heterocycles. The molecule has 0 saturated carbocycles. The van der Waals surface area contributed by atoms with Gasteiger partial charge in [0.25, 0.3) is 0 Å². The SMILES string of the molecule is CCCCCNC(=O)N1CCC[C@@H]1CO. The largest absolute Gasteiger partial charge is 0.394 e. The van der Waals surface area contributed by atoms with Crippen molar-refractivity contribution in [3.63, 3.8) is 0 Å². The highest BCUT2D eigenvalue weighted by Gasteiger charge is 2.27. The average Bonchev–Trinajstić information content (AvgIpc) is 2.72. The molecular formula is C11H22N2O2. The Labute approximate surface area is 91.6 Å². The second kappa shape index (κ2) is 6.67. The molecule has 0 radical (unpaired) electrons. The maximum absolute atomic E-state index is 11.7. The number of likely N-dealkylation sites (tertiary alicyclic amines) is 1. The molecule has 1 rings (SSSR count). The van der Waals surface area contributed by atoms with Crippen LogP contribution in [0.2, 0.25) is 0 Å². The molecule has 0 bridgehead atoms. The zero-order valence-corrected chi connectivity index (χ0v) is 9.54. The summed E-state index contributed by atoms with van der Waals surface area (Å²) in [5.74, 6) is 0. The van der Waals surface area contributed by atoms with E-state index in [9.17, 15) is 4.79 Å². The van der Waals surface area contributed by atoms with Crippen molar-refractivity contribution in [3.8, 4) is 0 Å². The summed E-state index contributed by atoms with van der Waals surface area (Å²) in [6, 6.07) is 0.0267. The van der Waals surface area contributed by atoms with Gasteiger partial charge in [-0.05, 0) is 19.3 Å². The molecule has 1 atom stereocenters. The van der Waals surface area contributed by atoms with Gasteiger partial charge in [0.1, 0.15) is 0 Å². The summed E-state index contributed by atoms with van der Waals surface area (Å²) in [6.45, 7) is 3.76. The molecular weight excluding hydrogens is 192 g/mol. The van der Waals surface area contributed by atoms with Crippen LogP contribution in [0.25, 0.3) is 0 Å². The van der Waals surface area contributed by atoms with Crippen molar-refractivity contribution in [3.05, 3.63) is 0 Å². The van der Waals surface area contributed by atoms with Crippen LogP contribution in [0.5, 0.6) is 0 Å². The Bertz CT molecular complexity index is 197. The van der Waals surface area contributed by atoms with E-state index in [1.165, 1.54) is 6.42 Å². The zero-order chi connectivity index (χ0) is 11.1. The van der Waals surface area contributed by atoms with E-state index >= 15 is 0 Å². The molecule has 0 unspecified atom stereocenters. The van der Waals surface area contributed by atoms with Crippen molar-refractivity contribution in [2.24, 2.45) is 0 Å². The summed E-state index contributed by atoms with van der Waals surface area (Å²) >= 11 is 0. The number of amides is 2. The molecule has 0 spiro atoms. The fourth-order valence-electron chi connectivity index (χ4n) is 1.96. The lowest BCUT2D eigenvalue weighted by Gasteiger charge is -2.23. The normalized spacial score (nSPS) is 20.7. The number of aliphatic hydroxyl groups is 1. The van der Waals surface area contributed by atoms with Gasteiger partial charge in [0, 0.05) is 13.1 Å². The van der Waals surface area contributed by atoms with Gasteiger partial charge in [-0.2, -0.15) is 0 Å². The van der Waals surface area contributed by atoms with Gasteiger partial charge in [-0.3, -0.25) is 0 Å². The van der Waals surface area contributed by atoms with Crippen LogP contribution >= 0.6 is 0 Å². The topological polar surface area (TPSA) is 52.6 Å². The number of urea groups is 1. The minimum Gasteiger partial charge on any atom is -0.394 e. The molecule has 4 heteroatoms. The first kappa shape index (κ1) is 12.3. The number of carbonyl (C=O) groups is 1. The van der Waals surface area contributed by atoms with E-state index in [4.69, 9.17) is 5.11 Å². The van der Waals surface area contributed by atoms with Gasteiger partial charge in [-0.1, -0.05) is 19.8 Å². The molecule has 1 fully saturated rings. The Morgan fingerprint density at radius 3 is 3.00 bits per heavy atom. The number of hydrogen-bond acceptors (Lipinski definition) is 2. The van der Waals surface area contributed by atoms with Crippen molar-refractivity contribution < 1.29 is 9.90 Å². The molecule has 88 valence electrons. The Morgan fingerprint density at radius 1 is 1.53 bits per heavy atom. The Hall–Kier alpha value is -0.770. The lowest BCUT2D eigenvalue weighted by atomic mass is 10.2. The first-order valence-electron chi connectivity index (χ1n) is 5.95. The van der Waals surface area contributed by atoms with Crippen molar-refractivity contribution >= 4 is 6.03 Å². The first-order chi connectivity index (χ1) is 7.29. The zero-order valence-electron chi connectivity index (χ0n) is 9.54. The lowest BCUT2D eigenvalue weighted by Crippen LogP contribution is -2.44. The number of rotatable bonds is 5. The molecule has 0 aliphatic carbocycles. The standard InChI is InChI=1S/C11H22N2O2/c1-2-3-4-7-12-11(15)13-8-5-6-10(13)9-14/h10,14H,2-9H2,1H3,(H,12,15)/t10-/m1/s1. The molecule has 1 aliphatic rings. The molecule has 4 nitrogen and oxygen atoms in total. The monoisotopic (exact) mass is 214 g/mol. The van der Waals surface area contributed by atoms with Crippen LogP contribution in [0.4, 0.5) is 4.79 Å². The number of aliphatic hydroxyl groups excluding tert-OH is 1. The Balaban J connectivity index is 2.21. The van der Waals surface area contributed by atoms with E-state index in [2.05, 4.69) is 12.2 Å². The predicted molar refractivity (Wildman–Crippen MR) is 59.7 cm³/mol. The van der Waals surface area contributed by atoms with Crippen LogP contribution in [0.1, 0.15) is 39.0 Å². The van der Waals surface area contributed by atoms with Crippen molar-refractivity contribution in [2.45, 2.75) is 45.1 Å². The summed E-state index contributed by atoms with van der Waals surface area (Å²) < 4.78 is 0. The summed E-state index contributed by atoms with van der Waals surface area (Å²) in [6.07, 6.45) is 5.30.